The van der Waals surface area contributed by atoms with E-state index >= 15 is 0 Å². The first kappa shape index (κ1) is 9.00. The molecule has 1 heterocycles. The van der Waals surface area contributed by atoms with Crippen LogP contribution in [-0.4, -0.2) is 37.0 Å². The van der Waals surface area contributed by atoms with Gasteiger partial charge in [0.05, 0.1) is 5.92 Å². The van der Waals surface area contributed by atoms with E-state index in [1.807, 2.05) is 0 Å². The summed E-state index contributed by atoms with van der Waals surface area (Å²) in [5.41, 5.74) is 0. The van der Waals surface area contributed by atoms with Crippen LogP contribution in [0.5, 0.6) is 0 Å². The fourth-order valence-corrected chi connectivity index (χ4v) is 1.97. The van der Waals surface area contributed by atoms with Gasteiger partial charge in [0.1, 0.15) is 0 Å². The van der Waals surface area contributed by atoms with Gasteiger partial charge in [-0.15, -0.1) is 0 Å². The zero-order valence-electron chi connectivity index (χ0n) is 8.42. The lowest BCUT2D eigenvalue weighted by Crippen LogP contribution is -2.34. The molecule has 2 fully saturated rings. The fourth-order valence-electron chi connectivity index (χ4n) is 1.97. The number of rotatable bonds is 2. The lowest BCUT2D eigenvalue weighted by molar-refractivity contribution is -0.124. The minimum absolute atomic E-state index is 0.248. The smallest absolute Gasteiger partial charge is 0.224 e. The Bertz CT molecular complexity index is 217. The van der Waals surface area contributed by atoms with E-state index in [9.17, 15) is 4.79 Å². The minimum atomic E-state index is 0.248. The second-order valence-electron chi connectivity index (χ2n) is 4.58. The van der Waals surface area contributed by atoms with Crippen LogP contribution < -0.4 is 5.32 Å². The summed E-state index contributed by atoms with van der Waals surface area (Å²) in [6.45, 7) is 4.19. The van der Waals surface area contributed by atoms with Gasteiger partial charge < -0.3 is 10.2 Å². The molecular formula is C10H18N2O. The van der Waals surface area contributed by atoms with Crippen LogP contribution in [0.15, 0.2) is 0 Å². The van der Waals surface area contributed by atoms with Crippen molar-refractivity contribution >= 4 is 5.91 Å². The molecule has 2 aliphatic rings. The maximum atomic E-state index is 11.6. The van der Waals surface area contributed by atoms with Gasteiger partial charge in [-0.25, -0.2) is 0 Å². The molecular weight excluding hydrogens is 164 g/mol. The highest BCUT2D eigenvalue weighted by Gasteiger charge is 2.36. The molecule has 74 valence electrons. The predicted molar refractivity (Wildman–Crippen MR) is 51.3 cm³/mol. The van der Waals surface area contributed by atoms with Crippen molar-refractivity contribution in [1.82, 2.24) is 10.2 Å². The number of amides is 1. The summed E-state index contributed by atoms with van der Waals surface area (Å²) >= 11 is 0. The lowest BCUT2D eigenvalue weighted by atomic mass is 10.1. The summed E-state index contributed by atoms with van der Waals surface area (Å²) in [5.74, 6) is 1.24. The number of carbonyl (C=O) groups excluding carboxylic acids is 1. The monoisotopic (exact) mass is 182 g/mol. The van der Waals surface area contributed by atoms with Gasteiger partial charge in [0, 0.05) is 12.6 Å². The Hall–Kier alpha value is -0.570. The molecule has 13 heavy (non-hydrogen) atoms. The van der Waals surface area contributed by atoms with Gasteiger partial charge in [0.2, 0.25) is 5.91 Å². The minimum Gasteiger partial charge on any atom is -0.353 e. The van der Waals surface area contributed by atoms with Crippen molar-refractivity contribution in [3.8, 4) is 0 Å². The second-order valence-corrected chi connectivity index (χ2v) is 4.58. The molecule has 3 unspecified atom stereocenters. The molecule has 1 N–H and O–H groups in total. The van der Waals surface area contributed by atoms with Crippen molar-refractivity contribution in [3.05, 3.63) is 0 Å². The molecule has 0 radical (unpaired) electrons. The summed E-state index contributed by atoms with van der Waals surface area (Å²) in [6.07, 6.45) is 2.21. The van der Waals surface area contributed by atoms with Crippen molar-refractivity contribution < 1.29 is 4.79 Å². The lowest BCUT2D eigenvalue weighted by Gasteiger charge is -2.10. The van der Waals surface area contributed by atoms with Crippen LogP contribution in [0.2, 0.25) is 0 Å². The molecule has 0 aromatic heterocycles. The molecule has 3 atom stereocenters. The summed E-state index contributed by atoms with van der Waals surface area (Å²) in [7, 11) is 2.08. The van der Waals surface area contributed by atoms with Gasteiger partial charge in [-0.05, 0) is 32.4 Å². The SMILES string of the molecule is CC1CC1NC(=O)C1CCN(C)C1. The third-order valence-corrected chi connectivity index (χ3v) is 3.20. The Morgan fingerprint density at radius 3 is 2.69 bits per heavy atom. The van der Waals surface area contributed by atoms with Gasteiger partial charge in [0.15, 0.2) is 0 Å². The summed E-state index contributed by atoms with van der Waals surface area (Å²) in [4.78, 5) is 13.9. The Morgan fingerprint density at radius 1 is 1.54 bits per heavy atom. The average molecular weight is 182 g/mol. The number of nitrogens with zero attached hydrogens (tertiary/aromatic N) is 1. The van der Waals surface area contributed by atoms with Crippen molar-refractivity contribution in [2.24, 2.45) is 11.8 Å². The van der Waals surface area contributed by atoms with E-state index in [-0.39, 0.29) is 11.8 Å². The van der Waals surface area contributed by atoms with Gasteiger partial charge in [-0.3, -0.25) is 4.79 Å². The Labute approximate surface area is 79.5 Å². The standard InChI is InChI=1S/C10H18N2O/c1-7-5-9(7)11-10(13)8-3-4-12(2)6-8/h7-9H,3-6H2,1-2H3,(H,11,13). The summed E-state index contributed by atoms with van der Waals surface area (Å²) in [5, 5.41) is 3.10. The molecule has 0 bridgehead atoms. The van der Waals surface area contributed by atoms with Gasteiger partial charge in [-0.1, -0.05) is 6.92 Å². The molecule has 3 nitrogen and oxygen atoms in total. The molecule has 1 aliphatic carbocycles. The van der Waals surface area contributed by atoms with Gasteiger partial charge in [-0.2, -0.15) is 0 Å². The van der Waals surface area contributed by atoms with Crippen molar-refractivity contribution in [2.75, 3.05) is 20.1 Å². The van der Waals surface area contributed by atoms with Crippen LogP contribution >= 0.6 is 0 Å². The summed E-state index contributed by atoms with van der Waals surface area (Å²) in [6, 6.07) is 0.485. The number of carbonyl (C=O) groups is 1. The van der Waals surface area contributed by atoms with E-state index < -0.39 is 0 Å². The topological polar surface area (TPSA) is 32.3 Å². The van der Waals surface area contributed by atoms with E-state index in [0.29, 0.717) is 12.0 Å². The first-order valence-corrected chi connectivity index (χ1v) is 5.15. The number of likely N-dealkylation sites (tertiary alicyclic amines) is 1. The molecule has 0 spiro atoms. The molecule has 2 rings (SSSR count). The molecule has 3 heteroatoms. The summed E-state index contributed by atoms with van der Waals surface area (Å²) < 4.78 is 0. The molecule has 1 amide bonds. The Balaban J connectivity index is 1.77. The molecule has 0 aromatic carbocycles. The van der Waals surface area contributed by atoms with Crippen LogP contribution in [0.3, 0.4) is 0 Å². The third kappa shape index (κ3) is 2.02. The average Bonchev–Trinajstić information content (AvgIpc) is 2.62. The highest BCUT2D eigenvalue weighted by molar-refractivity contribution is 5.79. The van der Waals surface area contributed by atoms with E-state index in [4.69, 9.17) is 0 Å². The van der Waals surface area contributed by atoms with Gasteiger partial charge in [0.25, 0.3) is 0 Å². The van der Waals surface area contributed by atoms with E-state index in [0.717, 1.165) is 19.5 Å². The van der Waals surface area contributed by atoms with Crippen molar-refractivity contribution in [3.63, 3.8) is 0 Å². The molecule has 1 aliphatic heterocycles. The largest absolute Gasteiger partial charge is 0.353 e. The first-order chi connectivity index (χ1) is 6.16. The Kier molecular flexibility index (Phi) is 2.28. The van der Waals surface area contributed by atoms with E-state index in [1.54, 1.807) is 0 Å². The normalized spacial score (nSPS) is 39.1. The zero-order chi connectivity index (χ0) is 9.42. The maximum Gasteiger partial charge on any atom is 0.224 e. The molecule has 1 saturated heterocycles. The zero-order valence-corrected chi connectivity index (χ0v) is 8.42. The highest BCUT2D eigenvalue weighted by Crippen LogP contribution is 2.29. The second kappa shape index (κ2) is 3.29. The Morgan fingerprint density at radius 2 is 2.23 bits per heavy atom. The van der Waals surface area contributed by atoms with Gasteiger partial charge >= 0.3 is 0 Å². The van der Waals surface area contributed by atoms with Crippen LogP contribution in [0.1, 0.15) is 19.8 Å². The maximum absolute atomic E-state index is 11.6. The number of hydrogen-bond donors (Lipinski definition) is 1. The van der Waals surface area contributed by atoms with Crippen LogP contribution in [0.25, 0.3) is 0 Å². The highest BCUT2D eigenvalue weighted by atomic mass is 16.2. The van der Waals surface area contributed by atoms with Crippen molar-refractivity contribution in [1.29, 1.82) is 0 Å². The first-order valence-electron chi connectivity index (χ1n) is 5.15. The van der Waals surface area contributed by atoms with Crippen LogP contribution in [0.4, 0.5) is 0 Å². The van der Waals surface area contributed by atoms with Crippen LogP contribution in [-0.2, 0) is 4.79 Å². The molecule has 0 aromatic rings. The predicted octanol–water partition coefficient (Wildman–Crippen LogP) is 0.463. The number of nitrogens with one attached hydrogen (secondary N) is 1. The third-order valence-electron chi connectivity index (χ3n) is 3.20. The molecule has 1 saturated carbocycles. The van der Waals surface area contributed by atoms with Crippen molar-refractivity contribution in [2.45, 2.75) is 25.8 Å². The fraction of sp³-hybridized carbons (Fsp3) is 0.900. The van der Waals surface area contributed by atoms with E-state index in [1.165, 1.54) is 6.42 Å². The number of hydrogen-bond acceptors (Lipinski definition) is 2. The van der Waals surface area contributed by atoms with E-state index in [2.05, 4.69) is 24.2 Å². The van der Waals surface area contributed by atoms with Crippen LogP contribution in [0, 0.1) is 11.8 Å². The quantitative estimate of drug-likeness (QED) is 0.673.